The molecule has 0 radical (unpaired) electrons. The van der Waals surface area contributed by atoms with Crippen LogP contribution in [0.25, 0.3) is 144 Å². The fourth-order valence-corrected chi connectivity index (χ4v) is 18.2. The van der Waals surface area contributed by atoms with E-state index in [-0.39, 0.29) is 19.6 Å². The lowest BCUT2D eigenvalue weighted by Crippen LogP contribution is -2.41. The van der Waals surface area contributed by atoms with Crippen LogP contribution in [0.4, 0.5) is 0 Å². The zero-order valence-electron chi connectivity index (χ0n) is 58.4. The third-order valence-corrected chi connectivity index (χ3v) is 23.5. The predicted molar refractivity (Wildman–Crippen MR) is 439 cm³/mol. The van der Waals surface area contributed by atoms with Gasteiger partial charge in [0.25, 0.3) is 0 Å². The summed E-state index contributed by atoms with van der Waals surface area (Å²) in [5.74, 6) is 0.658. The van der Waals surface area contributed by atoms with Crippen molar-refractivity contribution in [2.45, 2.75) is 57.2 Å². The second-order valence-corrected chi connectivity index (χ2v) is 29.6. The molecule has 512 valence electrons. The largest absolute Gasteiger partial charge is 0.498 e. The topological polar surface area (TPSA) is 96.3 Å². The standard InChI is InChI=1S/C45H26N2O.C37H29BO3.C14H9ClN2.CH4.H2/c1-2-13-27(14-3-1)42-32-18-7-11-24-40(32)46-44(47-42)33-20-12-19-31-35-25-34-30-17-6-10-23-38(30)45(39(34)26-41(35)48-43(31)33)36-21-8-4-15-28(36)29-16-5-9-22-37(29)45;1-35(2)36(3,4)41-38(40-35)32-19-11-15-25-27-20-26-24-14-7-10-18-30(24)37(31(26)21-33(27)39-34(25)32)28-16-8-5-12-22(28)23-13-6-9-17-29(23)37;15-14-16-12-9-5-4-8-11(12)13(17-14)10-6-2-1-3-7-10;;/h1-26H;5-21H,1-4H3;1-9H;1H4;1H. The number of fused-ring (bicyclic) bond motifs is 28. The smallest absolute Gasteiger partial charge is 0.456 e. The van der Waals surface area contributed by atoms with Crippen LogP contribution in [0.15, 0.2) is 324 Å². The van der Waals surface area contributed by atoms with Crippen molar-refractivity contribution in [2.75, 3.05) is 0 Å². The van der Waals surface area contributed by atoms with E-state index in [1.807, 2.05) is 72.8 Å². The molecule has 2 spiro atoms. The van der Waals surface area contributed by atoms with Gasteiger partial charge in [0.15, 0.2) is 5.82 Å². The Bertz CT molecular complexity index is 6620. The average Bonchev–Trinajstić information content (AvgIpc) is 1.51. The number of aromatic nitrogens is 4. The van der Waals surface area contributed by atoms with Crippen molar-refractivity contribution >= 4 is 89.9 Å². The summed E-state index contributed by atoms with van der Waals surface area (Å²) in [6.45, 7) is 8.35. The van der Waals surface area contributed by atoms with E-state index in [9.17, 15) is 0 Å². The van der Waals surface area contributed by atoms with Crippen molar-refractivity contribution in [1.82, 2.24) is 19.9 Å². The maximum atomic E-state index is 6.92. The van der Waals surface area contributed by atoms with Crippen LogP contribution in [0.2, 0.25) is 5.28 Å². The van der Waals surface area contributed by atoms with Crippen molar-refractivity contribution in [3.05, 3.63) is 365 Å². The van der Waals surface area contributed by atoms with Gasteiger partial charge < -0.3 is 18.1 Å². The lowest BCUT2D eigenvalue weighted by atomic mass is 9.70. The minimum Gasteiger partial charge on any atom is -0.456 e. The highest BCUT2D eigenvalue weighted by Crippen LogP contribution is 2.65. The molecule has 14 aromatic carbocycles. The van der Waals surface area contributed by atoms with Gasteiger partial charge in [-0.15, -0.1) is 0 Å². The number of nitrogens with zero attached hydrogens (tertiary/aromatic N) is 4. The summed E-state index contributed by atoms with van der Waals surface area (Å²) in [7, 11) is -0.489. The number of halogens is 1. The van der Waals surface area contributed by atoms with Crippen molar-refractivity contribution in [3.8, 4) is 78.4 Å². The van der Waals surface area contributed by atoms with Gasteiger partial charge in [0.2, 0.25) is 5.28 Å². The quantitative estimate of drug-likeness (QED) is 0.127. The zero-order chi connectivity index (χ0) is 70.8. The summed E-state index contributed by atoms with van der Waals surface area (Å²) in [6, 6.07) is 112. The Morgan fingerprint density at radius 2 is 0.645 bits per heavy atom. The molecule has 0 saturated carbocycles. The first-order valence-corrected chi connectivity index (χ1v) is 36.6. The van der Waals surface area contributed by atoms with E-state index in [1.54, 1.807) is 0 Å². The normalized spacial score (nSPS) is 14.9. The van der Waals surface area contributed by atoms with Gasteiger partial charge in [0.1, 0.15) is 22.3 Å². The Morgan fingerprint density at radius 1 is 0.299 bits per heavy atom. The maximum Gasteiger partial charge on any atom is 0.498 e. The molecule has 0 unspecified atom stereocenters. The Labute approximate surface area is 626 Å². The summed E-state index contributed by atoms with van der Waals surface area (Å²) in [4.78, 5) is 18.8. The van der Waals surface area contributed by atoms with Crippen molar-refractivity contribution in [3.63, 3.8) is 0 Å². The zero-order valence-corrected chi connectivity index (χ0v) is 59.2. The Hall–Kier alpha value is -12.4. The molecule has 0 amide bonds. The fourth-order valence-electron chi connectivity index (χ4n) is 18.0. The van der Waals surface area contributed by atoms with Gasteiger partial charge in [-0.25, -0.2) is 19.9 Å². The molecule has 8 nitrogen and oxygen atoms in total. The van der Waals surface area contributed by atoms with Crippen LogP contribution < -0.4 is 5.46 Å². The van der Waals surface area contributed by atoms with Crippen LogP contribution in [0.1, 0.15) is 81.1 Å². The second kappa shape index (κ2) is 24.1. The van der Waals surface area contributed by atoms with E-state index in [4.69, 9.17) is 39.7 Å². The van der Waals surface area contributed by atoms with E-state index in [1.165, 1.54) is 89.0 Å². The van der Waals surface area contributed by atoms with Crippen LogP contribution >= 0.6 is 11.6 Å². The number of hydrogen-bond acceptors (Lipinski definition) is 8. The third-order valence-electron chi connectivity index (χ3n) is 23.3. The molecule has 0 bridgehead atoms. The number of benzene rings is 14. The van der Waals surface area contributed by atoms with Gasteiger partial charge in [-0.05, 0) is 171 Å². The van der Waals surface area contributed by atoms with E-state index in [0.29, 0.717) is 5.82 Å². The molecule has 4 aromatic heterocycles. The maximum absolute atomic E-state index is 6.92. The molecule has 1 aliphatic heterocycles. The minimum absolute atomic E-state index is 0. The summed E-state index contributed by atoms with van der Waals surface area (Å²) in [5, 5.41) is 6.69. The van der Waals surface area contributed by atoms with E-state index in [0.717, 1.165) is 99.2 Å². The lowest BCUT2D eigenvalue weighted by molar-refractivity contribution is 0.00578. The molecule has 5 heterocycles. The highest BCUT2D eigenvalue weighted by Gasteiger charge is 2.55. The van der Waals surface area contributed by atoms with Crippen LogP contribution in [0.3, 0.4) is 0 Å². The van der Waals surface area contributed by atoms with Crippen LogP contribution in [-0.4, -0.2) is 38.3 Å². The predicted octanol–water partition coefficient (Wildman–Crippen LogP) is 24.3. The number of furan rings is 2. The SMILES string of the molecule is C.CC1(C)OB(c2cccc3c2oc2cc4c(cc23)-c2ccccc2C42c3ccccc3-c3ccccc32)OC1(C)C.Clc1nc(-c2ccccc2)c2ccccc2n1.[HH].c1ccc(-c2nc(-c3cccc4c3oc3cc5c(cc34)-c3ccccc3C53c4ccccc4-c4ccccc43)nc3ccccc23)cc1. The monoisotopic (exact) mass is 1400 g/mol. The molecule has 18 aromatic rings. The van der Waals surface area contributed by atoms with Gasteiger partial charge in [0, 0.05) is 50.3 Å². The molecule has 1 fully saturated rings. The Kier molecular flexibility index (Phi) is 14.5. The first-order chi connectivity index (χ1) is 52.0. The number of hydrogen-bond donors (Lipinski definition) is 0. The van der Waals surface area contributed by atoms with Crippen molar-refractivity contribution in [1.29, 1.82) is 0 Å². The van der Waals surface area contributed by atoms with Crippen molar-refractivity contribution in [2.24, 2.45) is 0 Å². The van der Waals surface area contributed by atoms with Gasteiger partial charge >= 0.3 is 7.12 Å². The number of para-hydroxylation sites is 4. The highest BCUT2D eigenvalue weighted by molar-refractivity contribution is 6.65. The molecular weight excluding hydrogens is 1330 g/mol. The van der Waals surface area contributed by atoms with Crippen LogP contribution in [-0.2, 0) is 20.1 Å². The minimum atomic E-state index is -0.489. The number of rotatable bonds is 4. The molecule has 0 atom stereocenters. The molecule has 4 aliphatic carbocycles. The lowest BCUT2D eigenvalue weighted by Gasteiger charge is -2.32. The second-order valence-electron chi connectivity index (χ2n) is 29.3. The van der Waals surface area contributed by atoms with Gasteiger partial charge in [-0.1, -0.05) is 280 Å². The Morgan fingerprint density at radius 3 is 1.10 bits per heavy atom. The van der Waals surface area contributed by atoms with E-state index in [2.05, 4.69) is 280 Å². The molecule has 23 rings (SSSR count). The van der Waals surface area contributed by atoms with E-state index < -0.39 is 23.7 Å². The third kappa shape index (κ3) is 9.31. The highest BCUT2D eigenvalue weighted by atomic mass is 35.5. The van der Waals surface area contributed by atoms with Crippen LogP contribution in [0, 0.1) is 0 Å². The first-order valence-electron chi connectivity index (χ1n) is 36.2. The van der Waals surface area contributed by atoms with Crippen molar-refractivity contribution < 1.29 is 19.6 Å². The summed E-state index contributed by atoms with van der Waals surface area (Å²) in [6.07, 6.45) is 0. The summed E-state index contributed by atoms with van der Waals surface area (Å²) in [5.41, 5.74) is 30.1. The molecule has 5 aliphatic rings. The Balaban J connectivity index is 0.000000120. The van der Waals surface area contributed by atoms with E-state index >= 15 is 0 Å². The molecule has 1 saturated heterocycles. The molecule has 10 heteroatoms. The molecule has 107 heavy (non-hydrogen) atoms. The van der Waals surface area contributed by atoms with Crippen LogP contribution in [0.5, 0.6) is 0 Å². The van der Waals surface area contributed by atoms with Gasteiger partial charge in [0.05, 0.1) is 50.0 Å². The summed E-state index contributed by atoms with van der Waals surface area (Å²) >= 11 is 5.95. The van der Waals surface area contributed by atoms with Gasteiger partial charge in [-0.2, -0.15) is 0 Å². The molecule has 0 N–H and O–H groups in total. The first kappa shape index (κ1) is 64.3. The fraction of sp³-hybridized carbons (Fsp3) is 0.0928. The summed E-state index contributed by atoms with van der Waals surface area (Å²) < 4.78 is 26.6. The van der Waals surface area contributed by atoms with Gasteiger partial charge in [-0.3, -0.25) is 0 Å². The molecular formula is C97H70BClN4O4. The average molecular weight is 1400 g/mol.